The minimum absolute atomic E-state index is 0. The van der Waals surface area contributed by atoms with Crippen LogP contribution in [0.5, 0.6) is 0 Å². The SMILES string of the molecule is C.CCN(CC)CCOC(=O)Cn1nc(C)c(Cl)c1-c1noc(-c2cccc(C)c2)n1.Cc1cccc(-c2nc(-c3c(Br)c(C)nn3CC(=O)O)no2)c1. The number of nitrogens with zero attached hydrogens (tertiary/aromatic N) is 9. The second kappa shape index (κ2) is 18.7. The maximum Gasteiger partial charge on any atom is 0.327 e. The molecule has 0 unspecified atom stereocenters. The number of hydrogen-bond acceptors (Lipinski definition) is 12. The summed E-state index contributed by atoms with van der Waals surface area (Å²) in [4.78, 5) is 34.3. The molecule has 0 bridgehead atoms. The first-order valence-corrected chi connectivity index (χ1v) is 17.9. The molecule has 286 valence electrons. The summed E-state index contributed by atoms with van der Waals surface area (Å²) in [5, 5.41) is 25.9. The standard InChI is InChI=1S/C21H26ClN5O3.C15H13BrN4O3.CH4/c1-5-26(6-2)10-11-29-17(28)13-27-19(18(22)15(4)24-27)20-23-21(30-25-20)16-9-7-8-14(3)12-16;1-8-4-3-5-10(6-8)15-17-14(19-23-15)13-12(16)9(2)18-20(13)7-11(21)22;/h7-9,12H,5-6,10-11,13H2,1-4H3;3-6H,7H2,1-2H3,(H,21,22);1H4. The van der Waals surface area contributed by atoms with Crippen LogP contribution in [-0.2, 0) is 27.4 Å². The molecule has 0 aliphatic rings. The van der Waals surface area contributed by atoms with Crippen molar-refractivity contribution in [2.24, 2.45) is 0 Å². The fourth-order valence-corrected chi connectivity index (χ4v) is 6.01. The number of rotatable bonds is 13. The summed E-state index contributed by atoms with van der Waals surface area (Å²) in [5.41, 5.74) is 5.91. The van der Waals surface area contributed by atoms with Crippen LogP contribution < -0.4 is 0 Å². The zero-order valence-corrected chi connectivity index (χ0v) is 32.5. The number of halogens is 2. The maximum absolute atomic E-state index is 12.3. The fourth-order valence-electron chi connectivity index (χ4n) is 5.33. The lowest BCUT2D eigenvalue weighted by Gasteiger charge is -2.17. The van der Waals surface area contributed by atoms with E-state index in [0.717, 1.165) is 35.3 Å². The Kier molecular flexibility index (Phi) is 14.4. The molecule has 0 saturated heterocycles. The van der Waals surface area contributed by atoms with Crippen molar-refractivity contribution in [3.05, 3.63) is 80.5 Å². The molecule has 0 radical (unpaired) electrons. The van der Waals surface area contributed by atoms with Crippen LogP contribution in [0, 0.1) is 27.7 Å². The molecule has 6 aromatic rings. The predicted octanol–water partition coefficient (Wildman–Crippen LogP) is 7.46. The van der Waals surface area contributed by atoms with Gasteiger partial charge in [-0.25, -0.2) is 9.36 Å². The van der Waals surface area contributed by atoms with Gasteiger partial charge in [0.05, 0.1) is 20.9 Å². The maximum atomic E-state index is 12.3. The van der Waals surface area contributed by atoms with Crippen LogP contribution in [0.1, 0.15) is 43.8 Å². The second-order valence-electron chi connectivity index (χ2n) is 12.0. The highest BCUT2D eigenvalue weighted by Gasteiger charge is 2.24. The molecule has 17 heteroatoms. The molecule has 0 atom stereocenters. The number of hydrogen-bond donors (Lipinski definition) is 1. The van der Waals surface area contributed by atoms with Crippen molar-refractivity contribution in [1.29, 1.82) is 0 Å². The number of carbonyl (C=O) groups excluding carboxylic acids is 1. The molecule has 0 spiro atoms. The number of likely N-dealkylation sites (N-methyl/N-ethyl adjacent to an activating group) is 1. The molecular weight excluding hydrogens is 782 g/mol. The molecule has 0 fully saturated rings. The number of ether oxygens (including phenoxy) is 1. The van der Waals surface area contributed by atoms with E-state index in [0.29, 0.717) is 57.2 Å². The second-order valence-corrected chi connectivity index (χ2v) is 13.2. The third kappa shape index (κ3) is 10.1. The largest absolute Gasteiger partial charge is 0.480 e. The lowest BCUT2D eigenvalue weighted by molar-refractivity contribution is -0.145. The van der Waals surface area contributed by atoms with Crippen LogP contribution >= 0.6 is 27.5 Å². The normalized spacial score (nSPS) is 10.9. The van der Waals surface area contributed by atoms with E-state index in [1.54, 1.807) is 13.8 Å². The van der Waals surface area contributed by atoms with Crippen molar-refractivity contribution in [2.75, 3.05) is 26.2 Å². The number of carboxylic acids is 1. The van der Waals surface area contributed by atoms with E-state index in [4.69, 9.17) is 30.5 Å². The molecule has 0 aliphatic heterocycles. The van der Waals surface area contributed by atoms with Crippen molar-refractivity contribution >= 4 is 39.5 Å². The third-order valence-electron chi connectivity index (χ3n) is 8.04. The highest BCUT2D eigenvalue weighted by Crippen LogP contribution is 2.32. The first kappa shape index (κ1) is 41.6. The first-order chi connectivity index (χ1) is 25.4. The van der Waals surface area contributed by atoms with Crippen LogP contribution in [0.4, 0.5) is 0 Å². The summed E-state index contributed by atoms with van der Waals surface area (Å²) in [6.07, 6.45) is 0. The van der Waals surface area contributed by atoms with Crippen LogP contribution in [0.25, 0.3) is 45.9 Å². The van der Waals surface area contributed by atoms with E-state index < -0.39 is 11.9 Å². The van der Waals surface area contributed by atoms with Gasteiger partial charge in [-0.15, -0.1) is 0 Å². The van der Waals surface area contributed by atoms with Crippen LogP contribution in [0.15, 0.2) is 62.0 Å². The number of carboxylic acid groups (broad SMARTS) is 1. The van der Waals surface area contributed by atoms with Gasteiger partial charge in [0.15, 0.2) is 0 Å². The number of carbonyl (C=O) groups is 2. The van der Waals surface area contributed by atoms with Crippen LogP contribution in [0.3, 0.4) is 0 Å². The Labute approximate surface area is 326 Å². The minimum Gasteiger partial charge on any atom is -0.480 e. The van der Waals surface area contributed by atoms with Crippen molar-refractivity contribution in [2.45, 2.75) is 62.1 Å². The zero-order chi connectivity index (χ0) is 38.2. The smallest absolute Gasteiger partial charge is 0.327 e. The topological polar surface area (TPSA) is 180 Å². The Morgan fingerprint density at radius 3 is 1.87 bits per heavy atom. The highest BCUT2D eigenvalue weighted by molar-refractivity contribution is 9.10. The van der Waals surface area contributed by atoms with Gasteiger partial charge >= 0.3 is 11.9 Å². The number of aromatic nitrogens is 8. The van der Waals surface area contributed by atoms with Crippen molar-refractivity contribution in [1.82, 2.24) is 44.7 Å². The molecule has 4 heterocycles. The van der Waals surface area contributed by atoms with Gasteiger partial charge in [0.1, 0.15) is 31.1 Å². The van der Waals surface area contributed by atoms with Crippen molar-refractivity contribution < 1.29 is 28.5 Å². The van der Waals surface area contributed by atoms with E-state index in [-0.39, 0.29) is 32.2 Å². The fraction of sp³-hybridized carbons (Fsp3) is 0.351. The lowest BCUT2D eigenvalue weighted by atomic mass is 10.1. The average molecular weight is 825 g/mol. The molecule has 6 rings (SSSR count). The van der Waals surface area contributed by atoms with E-state index in [2.05, 4.69) is 65.2 Å². The molecule has 0 saturated carbocycles. The van der Waals surface area contributed by atoms with E-state index >= 15 is 0 Å². The summed E-state index contributed by atoms with van der Waals surface area (Å²) in [5.74, 6) is -0.0924. The third-order valence-corrected chi connectivity index (χ3v) is 9.45. The van der Waals surface area contributed by atoms with Crippen molar-refractivity contribution in [3.63, 3.8) is 0 Å². The van der Waals surface area contributed by atoms with Gasteiger partial charge in [0.25, 0.3) is 11.8 Å². The molecule has 54 heavy (non-hydrogen) atoms. The van der Waals surface area contributed by atoms with Gasteiger partial charge in [0.2, 0.25) is 11.6 Å². The van der Waals surface area contributed by atoms with Crippen LogP contribution in [-0.4, -0.2) is 88.0 Å². The van der Waals surface area contributed by atoms with Gasteiger partial charge in [-0.3, -0.25) is 9.59 Å². The summed E-state index contributed by atoms with van der Waals surface area (Å²) < 4.78 is 19.5. The lowest BCUT2D eigenvalue weighted by Crippen LogP contribution is -2.28. The Balaban J connectivity index is 0.000000244. The summed E-state index contributed by atoms with van der Waals surface area (Å²) in [6.45, 7) is 14.1. The summed E-state index contributed by atoms with van der Waals surface area (Å²) in [6, 6.07) is 15.4. The molecule has 4 aromatic heterocycles. The Morgan fingerprint density at radius 1 is 0.833 bits per heavy atom. The quantitative estimate of drug-likeness (QED) is 0.114. The number of aliphatic carboxylic acids is 1. The Hall–Kier alpha value is -5.19. The minimum atomic E-state index is -0.997. The molecular formula is C37H43BrClN9O6. The van der Waals surface area contributed by atoms with Gasteiger partial charge < -0.3 is 23.8 Å². The number of aryl methyl sites for hydroxylation is 4. The Bertz CT molecular complexity index is 2200. The number of esters is 1. The van der Waals surface area contributed by atoms with E-state index in [1.807, 2.05) is 62.4 Å². The van der Waals surface area contributed by atoms with Crippen LogP contribution in [0.2, 0.25) is 5.02 Å². The van der Waals surface area contributed by atoms with E-state index in [9.17, 15) is 9.59 Å². The summed E-state index contributed by atoms with van der Waals surface area (Å²) >= 11 is 9.84. The molecule has 0 amide bonds. The Morgan fingerprint density at radius 2 is 1.35 bits per heavy atom. The van der Waals surface area contributed by atoms with Crippen molar-refractivity contribution in [3.8, 4) is 45.9 Å². The first-order valence-electron chi connectivity index (χ1n) is 16.8. The molecule has 0 aliphatic carbocycles. The zero-order valence-electron chi connectivity index (χ0n) is 30.1. The van der Waals surface area contributed by atoms with Gasteiger partial charge in [0, 0.05) is 17.7 Å². The average Bonchev–Trinajstić information content (AvgIpc) is 3.91. The molecule has 1 N–H and O–H groups in total. The van der Waals surface area contributed by atoms with E-state index in [1.165, 1.54) is 9.36 Å². The summed E-state index contributed by atoms with van der Waals surface area (Å²) in [7, 11) is 0. The highest BCUT2D eigenvalue weighted by atomic mass is 79.9. The van der Waals surface area contributed by atoms with Gasteiger partial charge in [-0.2, -0.15) is 20.2 Å². The molecule has 15 nitrogen and oxygen atoms in total. The van der Waals surface area contributed by atoms with Gasteiger partial charge in [-0.1, -0.05) is 78.6 Å². The van der Waals surface area contributed by atoms with Gasteiger partial charge in [-0.05, 0) is 81.0 Å². The predicted molar refractivity (Wildman–Crippen MR) is 207 cm³/mol. The molecule has 2 aromatic carbocycles. The monoisotopic (exact) mass is 823 g/mol. The number of benzene rings is 2.